The lowest BCUT2D eigenvalue weighted by atomic mass is 10.1. The number of amides is 1. The lowest BCUT2D eigenvalue weighted by molar-refractivity contribution is -0.120. The molecule has 1 aliphatic heterocycles. The molecule has 1 atom stereocenters. The number of aliphatic hydroxyl groups excluding tert-OH is 1. The number of nitrogens with zero attached hydrogens (tertiary/aromatic N) is 1. The van der Waals surface area contributed by atoms with Crippen molar-refractivity contribution in [3.05, 3.63) is 29.3 Å². The van der Waals surface area contributed by atoms with Gasteiger partial charge in [0.25, 0.3) is 0 Å². The van der Waals surface area contributed by atoms with Crippen LogP contribution < -0.4 is 10.2 Å². The van der Waals surface area contributed by atoms with Gasteiger partial charge < -0.3 is 15.3 Å². The number of hydrogen-bond acceptors (Lipinski definition) is 3. The number of para-hydroxylation sites is 1. The maximum atomic E-state index is 12.2. The summed E-state index contributed by atoms with van der Waals surface area (Å²) in [6.07, 6.45) is 0. The van der Waals surface area contributed by atoms with E-state index in [9.17, 15) is 4.79 Å². The van der Waals surface area contributed by atoms with Gasteiger partial charge in [0.2, 0.25) is 5.91 Å². The second-order valence-corrected chi connectivity index (χ2v) is 4.22. The van der Waals surface area contributed by atoms with E-state index in [0.717, 1.165) is 23.4 Å². The average Bonchev–Trinajstić information content (AvgIpc) is 2.57. The van der Waals surface area contributed by atoms with Crippen LogP contribution in [0.3, 0.4) is 0 Å². The number of carbonyl (C=O) groups is 1. The zero-order valence-corrected chi connectivity index (χ0v) is 10.2. The van der Waals surface area contributed by atoms with Gasteiger partial charge in [-0.2, -0.15) is 0 Å². The fourth-order valence-electron chi connectivity index (χ4n) is 2.41. The zero-order valence-electron chi connectivity index (χ0n) is 10.2. The molecule has 0 fully saturated rings. The Kier molecular flexibility index (Phi) is 3.45. The monoisotopic (exact) mass is 234 g/mol. The topological polar surface area (TPSA) is 52.6 Å². The van der Waals surface area contributed by atoms with Gasteiger partial charge in [-0.3, -0.25) is 4.79 Å². The first-order chi connectivity index (χ1) is 8.20. The molecule has 0 aromatic heterocycles. The van der Waals surface area contributed by atoms with Gasteiger partial charge in [0.05, 0.1) is 12.3 Å². The van der Waals surface area contributed by atoms with Crippen molar-refractivity contribution < 1.29 is 9.90 Å². The first-order valence-corrected chi connectivity index (χ1v) is 5.95. The van der Waals surface area contributed by atoms with Crippen LogP contribution in [0.4, 0.5) is 5.69 Å². The van der Waals surface area contributed by atoms with E-state index >= 15 is 0 Å². The molecule has 1 aromatic rings. The summed E-state index contributed by atoms with van der Waals surface area (Å²) in [5, 5.41) is 12.3. The van der Waals surface area contributed by atoms with E-state index in [4.69, 9.17) is 5.11 Å². The van der Waals surface area contributed by atoms with E-state index in [0.29, 0.717) is 6.54 Å². The number of benzene rings is 1. The molecule has 0 saturated heterocycles. The number of hydrogen-bond donors (Lipinski definition) is 2. The van der Waals surface area contributed by atoms with Gasteiger partial charge in [-0.1, -0.05) is 25.1 Å². The molecule has 1 heterocycles. The minimum absolute atomic E-state index is 0.0155. The summed E-state index contributed by atoms with van der Waals surface area (Å²) in [6.45, 7) is 5.07. The normalized spacial score (nSPS) is 18.6. The average molecular weight is 234 g/mol. The van der Waals surface area contributed by atoms with Crippen LogP contribution in [0, 0.1) is 6.92 Å². The van der Waals surface area contributed by atoms with Crippen LogP contribution in [-0.2, 0) is 4.79 Å². The van der Waals surface area contributed by atoms with Gasteiger partial charge in [0, 0.05) is 12.1 Å². The second kappa shape index (κ2) is 4.85. The summed E-state index contributed by atoms with van der Waals surface area (Å²) >= 11 is 0. The number of aryl methyl sites for hydroxylation is 1. The van der Waals surface area contributed by atoms with E-state index < -0.39 is 0 Å². The fraction of sp³-hybridized carbons (Fsp3) is 0.462. The molecule has 4 heteroatoms. The summed E-state index contributed by atoms with van der Waals surface area (Å²) in [5.74, 6) is 0.0326. The Morgan fingerprint density at radius 3 is 2.88 bits per heavy atom. The summed E-state index contributed by atoms with van der Waals surface area (Å²) in [4.78, 5) is 13.9. The maximum Gasteiger partial charge on any atom is 0.248 e. The Hall–Kier alpha value is -1.39. The molecule has 1 aliphatic rings. The molecule has 0 radical (unpaired) electrons. The molecule has 0 saturated carbocycles. The molecular formula is C13H18N2O2. The van der Waals surface area contributed by atoms with E-state index in [1.807, 2.05) is 32.0 Å². The van der Waals surface area contributed by atoms with Gasteiger partial charge in [0.1, 0.15) is 6.04 Å². The highest BCUT2D eigenvalue weighted by Crippen LogP contribution is 2.37. The number of aliphatic hydroxyl groups is 1. The van der Waals surface area contributed by atoms with Gasteiger partial charge in [-0.05, 0) is 19.0 Å². The SMILES string of the molecule is CCNC1C(=O)N(CCO)c2c(C)cccc21. The Balaban J connectivity index is 2.45. The standard InChI is InChI=1S/C13H18N2O2/c1-3-14-11-10-6-4-5-9(2)12(10)15(7-8-16)13(11)17/h4-6,11,14,16H,3,7-8H2,1-2H3. The van der Waals surface area contributed by atoms with Crippen molar-refractivity contribution in [1.29, 1.82) is 0 Å². The summed E-state index contributed by atoms with van der Waals surface area (Å²) in [5.41, 5.74) is 3.05. The van der Waals surface area contributed by atoms with Crippen LogP contribution in [0.25, 0.3) is 0 Å². The minimum Gasteiger partial charge on any atom is -0.395 e. The van der Waals surface area contributed by atoms with Crippen molar-refractivity contribution in [2.45, 2.75) is 19.9 Å². The molecule has 1 aromatic carbocycles. The predicted octanol–water partition coefficient (Wildman–Crippen LogP) is 0.985. The van der Waals surface area contributed by atoms with Gasteiger partial charge >= 0.3 is 0 Å². The summed E-state index contributed by atoms with van der Waals surface area (Å²) in [7, 11) is 0. The molecule has 0 spiro atoms. The number of carbonyl (C=O) groups excluding carboxylic acids is 1. The number of nitrogens with one attached hydrogen (secondary N) is 1. The molecule has 92 valence electrons. The first kappa shape index (κ1) is 12.1. The van der Waals surface area contributed by atoms with E-state index in [2.05, 4.69) is 5.32 Å². The Labute approximate surface area is 101 Å². The van der Waals surface area contributed by atoms with Gasteiger partial charge in [0.15, 0.2) is 0 Å². The summed E-state index contributed by atoms with van der Waals surface area (Å²) in [6, 6.07) is 5.67. The van der Waals surface area contributed by atoms with Crippen molar-refractivity contribution in [2.75, 3.05) is 24.6 Å². The number of fused-ring (bicyclic) bond motifs is 1. The first-order valence-electron chi connectivity index (χ1n) is 5.95. The van der Waals surface area contributed by atoms with Crippen molar-refractivity contribution in [1.82, 2.24) is 5.32 Å². The minimum atomic E-state index is -0.263. The number of anilines is 1. The third-order valence-electron chi connectivity index (χ3n) is 3.09. The summed E-state index contributed by atoms with van der Waals surface area (Å²) < 4.78 is 0. The van der Waals surface area contributed by atoms with E-state index in [1.54, 1.807) is 4.90 Å². The largest absolute Gasteiger partial charge is 0.395 e. The van der Waals surface area contributed by atoms with Gasteiger partial charge in [-0.15, -0.1) is 0 Å². The molecule has 2 rings (SSSR count). The highest BCUT2D eigenvalue weighted by molar-refractivity contribution is 6.05. The van der Waals surface area contributed by atoms with Crippen molar-refractivity contribution in [2.24, 2.45) is 0 Å². The fourth-order valence-corrected chi connectivity index (χ4v) is 2.41. The molecular weight excluding hydrogens is 216 g/mol. The van der Waals surface area contributed by atoms with Crippen molar-refractivity contribution >= 4 is 11.6 Å². The molecule has 0 bridgehead atoms. The van der Waals surface area contributed by atoms with E-state index in [-0.39, 0.29) is 18.6 Å². The second-order valence-electron chi connectivity index (χ2n) is 4.22. The van der Waals surface area contributed by atoms with Crippen LogP contribution >= 0.6 is 0 Å². The quantitative estimate of drug-likeness (QED) is 0.816. The van der Waals surface area contributed by atoms with Crippen molar-refractivity contribution in [3.8, 4) is 0 Å². The molecule has 4 nitrogen and oxygen atoms in total. The highest BCUT2D eigenvalue weighted by Gasteiger charge is 2.36. The molecule has 1 amide bonds. The lowest BCUT2D eigenvalue weighted by Gasteiger charge is -2.18. The van der Waals surface area contributed by atoms with Crippen LogP contribution in [0.15, 0.2) is 18.2 Å². The maximum absolute atomic E-state index is 12.2. The Morgan fingerprint density at radius 1 is 1.47 bits per heavy atom. The number of likely N-dealkylation sites (N-methyl/N-ethyl adjacent to an activating group) is 1. The Morgan fingerprint density at radius 2 is 2.24 bits per heavy atom. The Bertz CT molecular complexity index is 431. The predicted molar refractivity (Wildman–Crippen MR) is 67.0 cm³/mol. The third-order valence-corrected chi connectivity index (χ3v) is 3.09. The highest BCUT2D eigenvalue weighted by atomic mass is 16.3. The molecule has 2 N–H and O–H groups in total. The number of β-amino-alcohol motifs (C(OH)–C–C–N with tert-alkyl or cyclic N) is 1. The van der Waals surface area contributed by atoms with Crippen LogP contribution in [0.5, 0.6) is 0 Å². The molecule has 17 heavy (non-hydrogen) atoms. The zero-order chi connectivity index (χ0) is 12.4. The van der Waals surface area contributed by atoms with Crippen LogP contribution in [0.1, 0.15) is 24.1 Å². The van der Waals surface area contributed by atoms with E-state index in [1.165, 1.54) is 0 Å². The molecule has 0 aliphatic carbocycles. The van der Waals surface area contributed by atoms with Crippen molar-refractivity contribution in [3.63, 3.8) is 0 Å². The smallest absolute Gasteiger partial charge is 0.248 e. The lowest BCUT2D eigenvalue weighted by Crippen LogP contribution is -2.36. The third kappa shape index (κ3) is 1.94. The van der Waals surface area contributed by atoms with Gasteiger partial charge in [-0.25, -0.2) is 0 Å². The molecule has 1 unspecified atom stereocenters. The number of rotatable bonds is 4. The van der Waals surface area contributed by atoms with Crippen LogP contribution in [0.2, 0.25) is 0 Å². The van der Waals surface area contributed by atoms with Crippen LogP contribution in [-0.4, -0.2) is 30.7 Å².